The average molecular weight is 291 g/mol. The summed E-state index contributed by atoms with van der Waals surface area (Å²) in [5.74, 6) is 0. The van der Waals surface area contributed by atoms with Gasteiger partial charge in [0.05, 0.1) is 9.52 Å². The third-order valence-electron chi connectivity index (χ3n) is 4.30. The van der Waals surface area contributed by atoms with Crippen LogP contribution in [0, 0.1) is 0 Å². The molecule has 1 aliphatic rings. The van der Waals surface area contributed by atoms with Crippen LogP contribution in [0.4, 0.5) is 0 Å². The molecule has 112 valence electrons. The van der Waals surface area contributed by atoms with Crippen LogP contribution in [0.5, 0.6) is 0 Å². The highest BCUT2D eigenvalue weighted by Gasteiger charge is 2.26. The number of benzene rings is 1. The molecule has 0 bridgehead atoms. The monoisotopic (exact) mass is 290 g/mol. The standard InChI is InChI=1S/C18H30OSi/c1-4-7-15-9-11-16(12-10-15)14-18(2,3)20-17-8-5-6-13-19-17/h9-12,17H,4-8,13-14,20H2,1-3H3. The van der Waals surface area contributed by atoms with Crippen molar-refractivity contribution in [3.8, 4) is 0 Å². The molecule has 1 saturated heterocycles. The van der Waals surface area contributed by atoms with Crippen LogP contribution in [0.1, 0.15) is 57.6 Å². The fourth-order valence-corrected chi connectivity index (χ4v) is 5.76. The van der Waals surface area contributed by atoms with Gasteiger partial charge in [-0.2, -0.15) is 0 Å². The lowest BCUT2D eigenvalue weighted by Crippen LogP contribution is -2.33. The lowest BCUT2D eigenvalue weighted by molar-refractivity contribution is 0.0633. The molecule has 0 aromatic heterocycles. The van der Waals surface area contributed by atoms with Crippen LogP contribution >= 0.6 is 0 Å². The van der Waals surface area contributed by atoms with Crippen molar-refractivity contribution in [2.75, 3.05) is 6.61 Å². The highest BCUT2D eigenvalue weighted by molar-refractivity contribution is 6.41. The smallest absolute Gasteiger partial charge is 0.0619 e. The van der Waals surface area contributed by atoms with Crippen LogP contribution < -0.4 is 0 Å². The van der Waals surface area contributed by atoms with E-state index in [9.17, 15) is 0 Å². The van der Waals surface area contributed by atoms with E-state index in [1.165, 1.54) is 49.7 Å². The third kappa shape index (κ3) is 5.06. The van der Waals surface area contributed by atoms with Gasteiger partial charge < -0.3 is 4.74 Å². The van der Waals surface area contributed by atoms with Gasteiger partial charge in [0.15, 0.2) is 0 Å². The zero-order chi connectivity index (χ0) is 14.4. The highest BCUT2D eigenvalue weighted by atomic mass is 28.2. The summed E-state index contributed by atoms with van der Waals surface area (Å²) in [6.45, 7) is 8.13. The van der Waals surface area contributed by atoms with Crippen LogP contribution in [0.15, 0.2) is 24.3 Å². The molecule has 1 unspecified atom stereocenters. The molecule has 1 atom stereocenters. The molecule has 1 nitrogen and oxygen atoms in total. The Bertz CT molecular complexity index is 390. The molecule has 1 aromatic carbocycles. The lowest BCUT2D eigenvalue weighted by Gasteiger charge is -2.31. The largest absolute Gasteiger partial charge is 0.382 e. The van der Waals surface area contributed by atoms with E-state index in [1.807, 2.05) is 0 Å². The number of ether oxygens (including phenoxy) is 1. The van der Waals surface area contributed by atoms with Crippen LogP contribution in [0.3, 0.4) is 0 Å². The Morgan fingerprint density at radius 3 is 2.45 bits per heavy atom. The lowest BCUT2D eigenvalue weighted by atomic mass is 10.00. The summed E-state index contributed by atoms with van der Waals surface area (Å²) in [7, 11) is -0.192. The molecule has 1 heterocycles. The van der Waals surface area contributed by atoms with Gasteiger partial charge in [-0.05, 0) is 48.3 Å². The second-order valence-corrected chi connectivity index (χ2v) is 10.3. The van der Waals surface area contributed by atoms with E-state index in [1.54, 1.807) is 0 Å². The van der Waals surface area contributed by atoms with Crippen molar-refractivity contribution in [2.45, 2.75) is 70.1 Å². The van der Waals surface area contributed by atoms with E-state index in [-0.39, 0.29) is 9.52 Å². The minimum atomic E-state index is -0.192. The van der Waals surface area contributed by atoms with E-state index >= 15 is 0 Å². The molecule has 20 heavy (non-hydrogen) atoms. The van der Waals surface area contributed by atoms with E-state index < -0.39 is 0 Å². The molecule has 0 radical (unpaired) electrons. The van der Waals surface area contributed by atoms with Gasteiger partial charge in [-0.1, -0.05) is 51.5 Å². The Hall–Kier alpha value is -0.603. The van der Waals surface area contributed by atoms with Crippen molar-refractivity contribution < 1.29 is 4.74 Å². The molecule has 1 aromatic rings. The Balaban J connectivity index is 1.89. The van der Waals surface area contributed by atoms with Crippen molar-refractivity contribution in [1.82, 2.24) is 0 Å². The van der Waals surface area contributed by atoms with Gasteiger partial charge >= 0.3 is 0 Å². The number of rotatable bonds is 6. The molecule has 1 aliphatic heterocycles. The van der Waals surface area contributed by atoms with Crippen molar-refractivity contribution in [1.29, 1.82) is 0 Å². The quantitative estimate of drug-likeness (QED) is 0.718. The van der Waals surface area contributed by atoms with Gasteiger partial charge in [0.25, 0.3) is 0 Å². The number of hydrogen-bond donors (Lipinski definition) is 0. The Morgan fingerprint density at radius 2 is 1.85 bits per heavy atom. The van der Waals surface area contributed by atoms with Crippen LogP contribution in [0.2, 0.25) is 5.04 Å². The van der Waals surface area contributed by atoms with Crippen molar-refractivity contribution in [2.24, 2.45) is 0 Å². The van der Waals surface area contributed by atoms with E-state index in [0.29, 0.717) is 10.8 Å². The summed E-state index contributed by atoms with van der Waals surface area (Å²) in [5.41, 5.74) is 3.60. The average Bonchev–Trinajstić information content (AvgIpc) is 2.41. The van der Waals surface area contributed by atoms with E-state index in [2.05, 4.69) is 45.0 Å². The second-order valence-electron chi connectivity index (χ2n) is 7.10. The summed E-state index contributed by atoms with van der Waals surface area (Å²) >= 11 is 0. The van der Waals surface area contributed by atoms with Gasteiger partial charge in [-0.25, -0.2) is 0 Å². The first-order valence-corrected chi connectivity index (χ1v) is 9.81. The van der Waals surface area contributed by atoms with Crippen LogP contribution in [-0.4, -0.2) is 21.9 Å². The molecule has 2 heteroatoms. The maximum absolute atomic E-state index is 5.96. The molecular weight excluding hydrogens is 260 g/mol. The highest BCUT2D eigenvalue weighted by Crippen LogP contribution is 2.31. The third-order valence-corrected chi connectivity index (χ3v) is 6.75. The zero-order valence-electron chi connectivity index (χ0n) is 13.5. The molecular formula is C18H30OSi. The molecule has 0 amide bonds. The Kier molecular flexibility index (Phi) is 5.85. The van der Waals surface area contributed by atoms with Crippen LogP contribution in [0.25, 0.3) is 0 Å². The summed E-state index contributed by atoms with van der Waals surface area (Å²) < 4.78 is 5.96. The molecule has 0 saturated carbocycles. The summed E-state index contributed by atoms with van der Waals surface area (Å²) in [4.78, 5) is 0. The minimum Gasteiger partial charge on any atom is -0.382 e. The summed E-state index contributed by atoms with van der Waals surface area (Å²) in [6, 6.07) is 9.30. The number of aryl methyl sites for hydroxylation is 1. The van der Waals surface area contributed by atoms with Gasteiger partial charge in [-0.15, -0.1) is 0 Å². The van der Waals surface area contributed by atoms with Crippen molar-refractivity contribution in [3.63, 3.8) is 0 Å². The maximum atomic E-state index is 5.96. The van der Waals surface area contributed by atoms with E-state index in [0.717, 1.165) is 6.61 Å². The predicted octanol–water partition coefficient (Wildman–Crippen LogP) is 4.08. The van der Waals surface area contributed by atoms with Gasteiger partial charge in [0.2, 0.25) is 0 Å². The Morgan fingerprint density at radius 1 is 1.15 bits per heavy atom. The first-order valence-electron chi connectivity index (χ1n) is 8.28. The molecule has 1 fully saturated rings. The normalized spacial score (nSPS) is 20.6. The molecule has 0 aliphatic carbocycles. The molecule has 2 rings (SSSR count). The fraction of sp³-hybridized carbons (Fsp3) is 0.667. The van der Waals surface area contributed by atoms with E-state index in [4.69, 9.17) is 4.74 Å². The topological polar surface area (TPSA) is 9.23 Å². The Labute approximate surface area is 126 Å². The van der Waals surface area contributed by atoms with Gasteiger partial charge in [-0.3, -0.25) is 0 Å². The molecule has 0 spiro atoms. The van der Waals surface area contributed by atoms with Gasteiger partial charge in [0, 0.05) is 12.3 Å². The SMILES string of the molecule is CCCc1ccc(CC(C)(C)[SiH2]C2CCCCO2)cc1. The summed E-state index contributed by atoms with van der Waals surface area (Å²) in [6.07, 6.45) is 7.60. The fourth-order valence-electron chi connectivity index (χ4n) is 3.32. The zero-order valence-corrected chi connectivity index (χ0v) is 14.9. The van der Waals surface area contributed by atoms with Crippen molar-refractivity contribution in [3.05, 3.63) is 35.4 Å². The van der Waals surface area contributed by atoms with Crippen molar-refractivity contribution >= 4 is 9.52 Å². The maximum Gasteiger partial charge on any atom is 0.0619 e. The minimum absolute atomic E-state index is 0.192. The second kappa shape index (κ2) is 7.42. The summed E-state index contributed by atoms with van der Waals surface area (Å²) in [5, 5.41) is 0.467. The first kappa shape index (κ1) is 15.8. The predicted molar refractivity (Wildman–Crippen MR) is 90.3 cm³/mol. The number of hydrogen-bond acceptors (Lipinski definition) is 1. The van der Waals surface area contributed by atoms with Crippen LogP contribution in [-0.2, 0) is 17.6 Å². The molecule has 0 N–H and O–H groups in total. The first-order chi connectivity index (χ1) is 9.59. The van der Waals surface area contributed by atoms with Gasteiger partial charge in [0.1, 0.15) is 0 Å².